The second kappa shape index (κ2) is 6.71. The second-order valence-electron chi connectivity index (χ2n) is 4.38. The maximum atomic E-state index is 4.03. The first-order valence-electron chi connectivity index (χ1n) is 6.20. The van der Waals surface area contributed by atoms with Crippen LogP contribution in [0.5, 0.6) is 0 Å². The molecule has 0 saturated heterocycles. The van der Waals surface area contributed by atoms with E-state index in [4.69, 9.17) is 0 Å². The molecule has 0 spiro atoms. The number of nitrogens with one attached hydrogen (secondary N) is 1. The lowest BCUT2D eigenvalue weighted by Gasteiger charge is -2.14. The fourth-order valence-corrected chi connectivity index (χ4v) is 2.31. The molecule has 0 bridgehead atoms. The summed E-state index contributed by atoms with van der Waals surface area (Å²) in [5, 5.41) is 3.53. The van der Waals surface area contributed by atoms with Gasteiger partial charge in [-0.1, -0.05) is 28.1 Å². The van der Waals surface area contributed by atoms with E-state index in [9.17, 15) is 0 Å². The third kappa shape index (κ3) is 3.96. The van der Waals surface area contributed by atoms with Crippen LogP contribution in [0.1, 0.15) is 24.9 Å². The molecule has 0 radical (unpaired) electrons. The number of hydrogen-bond acceptors (Lipinski definition) is 2. The maximum Gasteiger partial charge on any atom is 0.0945 e. The van der Waals surface area contributed by atoms with Crippen LogP contribution in [0.25, 0.3) is 0 Å². The van der Waals surface area contributed by atoms with Crippen molar-refractivity contribution < 1.29 is 0 Å². The third-order valence-electron chi connectivity index (χ3n) is 2.95. The van der Waals surface area contributed by atoms with Gasteiger partial charge in [0.1, 0.15) is 0 Å². The van der Waals surface area contributed by atoms with Gasteiger partial charge >= 0.3 is 0 Å². The summed E-state index contributed by atoms with van der Waals surface area (Å²) >= 11 is 3.50. The summed E-state index contributed by atoms with van der Waals surface area (Å²) in [6, 6.07) is 8.81. The molecule has 0 saturated carbocycles. The molecule has 1 heterocycles. The van der Waals surface area contributed by atoms with Crippen molar-refractivity contribution in [3.8, 4) is 0 Å². The van der Waals surface area contributed by atoms with Gasteiger partial charge in [-0.05, 0) is 37.6 Å². The molecular weight excluding hydrogens is 290 g/mol. The smallest absolute Gasteiger partial charge is 0.0945 e. The molecule has 1 aromatic carbocycles. The molecule has 1 aromatic heterocycles. The van der Waals surface area contributed by atoms with Gasteiger partial charge in [-0.2, -0.15) is 0 Å². The standard InChI is InChI=1S/C14H18BrN3/c1-12(13-4-2-5-14(15)10-13)17-6-3-8-18-9-7-16-11-18/h2,4-5,7,9-12,17H,3,6,8H2,1H3/t12-/m1/s1. The van der Waals surface area contributed by atoms with E-state index in [2.05, 4.69) is 62.0 Å². The Kier molecular flexibility index (Phi) is 4.96. The average molecular weight is 308 g/mol. The van der Waals surface area contributed by atoms with Gasteiger partial charge in [0.25, 0.3) is 0 Å². The predicted octanol–water partition coefficient (Wildman–Crippen LogP) is 3.39. The fourth-order valence-electron chi connectivity index (χ4n) is 1.89. The topological polar surface area (TPSA) is 29.9 Å². The monoisotopic (exact) mass is 307 g/mol. The van der Waals surface area contributed by atoms with Crippen LogP contribution in [-0.2, 0) is 6.54 Å². The van der Waals surface area contributed by atoms with E-state index in [1.54, 1.807) is 0 Å². The van der Waals surface area contributed by atoms with E-state index < -0.39 is 0 Å². The minimum atomic E-state index is 0.380. The van der Waals surface area contributed by atoms with Crippen molar-refractivity contribution in [1.82, 2.24) is 14.9 Å². The summed E-state index contributed by atoms with van der Waals surface area (Å²) in [7, 11) is 0. The summed E-state index contributed by atoms with van der Waals surface area (Å²) in [5.41, 5.74) is 1.31. The molecule has 4 heteroatoms. The quantitative estimate of drug-likeness (QED) is 0.829. The van der Waals surface area contributed by atoms with Gasteiger partial charge in [0.2, 0.25) is 0 Å². The van der Waals surface area contributed by atoms with E-state index in [0.717, 1.165) is 24.0 Å². The number of nitrogens with zero attached hydrogens (tertiary/aromatic N) is 2. The average Bonchev–Trinajstić information content (AvgIpc) is 2.87. The molecule has 0 amide bonds. The second-order valence-corrected chi connectivity index (χ2v) is 5.30. The predicted molar refractivity (Wildman–Crippen MR) is 77.4 cm³/mol. The Morgan fingerprint density at radius 2 is 2.33 bits per heavy atom. The van der Waals surface area contributed by atoms with Crippen molar-refractivity contribution in [3.05, 3.63) is 53.0 Å². The minimum absolute atomic E-state index is 0.380. The minimum Gasteiger partial charge on any atom is -0.337 e. The molecule has 18 heavy (non-hydrogen) atoms. The molecule has 2 aromatic rings. The van der Waals surface area contributed by atoms with Gasteiger partial charge in [0, 0.05) is 29.5 Å². The summed E-state index contributed by atoms with van der Waals surface area (Å²) < 4.78 is 3.23. The summed E-state index contributed by atoms with van der Waals surface area (Å²) in [6.45, 7) is 4.21. The van der Waals surface area contributed by atoms with Gasteiger partial charge in [-0.3, -0.25) is 0 Å². The van der Waals surface area contributed by atoms with Gasteiger partial charge < -0.3 is 9.88 Å². The number of imidazole rings is 1. The van der Waals surface area contributed by atoms with Crippen LogP contribution in [0, 0.1) is 0 Å². The van der Waals surface area contributed by atoms with Crippen LogP contribution >= 0.6 is 15.9 Å². The zero-order chi connectivity index (χ0) is 12.8. The molecule has 0 aliphatic heterocycles. The third-order valence-corrected chi connectivity index (χ3v) is 3.44. The Balaban J connectivity index is 1.73. The Labute approximate surface area is 116 Å². The van der Waals surface area contributed by atoms with Crippen molar-refractivity contribution in [1.29, 1.82) is 0 Å². The SMILES string of the molecule is C[C@@H](NCCCn1ccnc1)c1cccc(Br)c1. The van der Waals surface area contributed by atoms with Crippen LogP contribution < -0.4 is 5.32 Å². The molecule has 1 N–H and O–H groups in total. The lowest BCUT2D eigenvalue weighted by atomic mass is 10.1. The Hall–Kier alpha value is -1.13. The number of rotatable bonds is 6. The Morgan fingerprint density at radius 3 is 3.06 bits per heavy atom. The number of halogens is 1. The zero-order valence-corrected chi connectivity index (χ0v) is 12.1. The summed E-state index contributed by atoms with van der Waals surface area (Å²) in [6.07, 6.45) is 6.78. The summed E-state index contributed by atoms with van der Waals surface area (Å²) in [5.74, 6) is 0. The fraction of sp³-hybridized carbons (Fsp3) is 0.357. The lowest BCUT2D eigenvalue weighted by Crippen LogP contribution is -2.20. The number of benzene rings is 1. The molecule has 0 fully saturated rings. The highest BCUT2D eigenvalue weighted by Crippen LogP contribution is 2.17. The van der Waals surface area contributed by atoms with Crippen molar-refractivity contribution >= 4 is 15.9 Å². The zero-order valence-electron chi connectivity index (χ0n) is 10.5. The molecule has 0 aliphatic carbocycles. The Morgan fingerprint density at radius 1 is 1.44 bits per heavy atom. The molecule has 0 unspecified atom stereocenters. The Bertz CT molecular complexity index is 468. The number of hydrogen-bond donors (Lipinski definition) is 1. The lowest BCUT2D eigenvalue weighted by molar-refractivity contribution is 0.526. The van der Waals surface area contributed by atoms with Crippen LogP contribution in [0.3, 0.4) is 0 Å². The highest BCUT2D eigenvalue weighted by atomic mass is 79.9. The largest absolute Gasteiger partial charge is 0.337 e. The van der Waals surface area contributed by atoms with Crippen LogP contribution in [0.4, 0.5) is 0 Å². The van der Waals surface area contributed by atoms with Crippen molar-refractivity contribution in [2.45, 2.75) is 25.9 Å². The van der Waals surface area contributed by atoms with Crippen molar-refractivity contribution in [2.75, 3.05) is 6.54 Å². The summed E-state index contributed by atoms with van der Waals surface area (Å²) in [4.78, 5) is 4.03. The maximum absolute atomic E-state index is 4.03. The van der Waals surface area contributed by atoms with E-state index in [0.29, 0.717) is 6.04 Å². The highest BCUT2D eigenvalue weighted by molar-refractivity contribution is 9.10. The molecule has 3 nitrogen and oxygen atoms in total. The first-order chi connectivity index (χ1) is 8.75. The highest BCUT2D eigenvalue weighted by Gasteiger charge is 2.04. The van der Waals surface area contributed by atoms with Gasteiger partial charge in [0.05, 0.1) is 6.33 Å². The molecule has 0 aliphatic rings. The van der Waals surface area contributed by atoms with E-state index in [-0.39, 0.29) is 0 Å². The van der Waals surface area contributed by atoms with E-state index in [1.807, 2.05) is 18.7 Å². The first-order valence-corrected chi connectivity index (χ1v) is 6.99. The molecule has 96 valence electrons. The van der Waals surface area contributed by atoms with Gasteiger partial charge in [0.15, 0.2) is 0 Å². The van der Waals surface area contributed by atoms with E-state index >= 15 is 0 Å². The van der Waals surface area contributed by atoms with Crippen molar-refractivity contribution in [3.63, 3.8) is 0 Å². The molecular formula is C14H18BrN3. The number of aryl methyl sites for hydroxylation is 1. The van der Waals surface area contributed by atoms with E-state index in [1.165, 1.54) is 5.56 Å². The normalized spacial score (nSPS) is 12.6. The van der Waals surface area contributed by atoms with Gasteiger partial charge in [-0.25, -0.2) is 4.98 Å². The van der Waals surface area contributed by atoms with Crippen molar-refractivity contribution in [2.24, 2.45) is 0 Å². The van der Waals surface area contributed by atoms with Gasteiger partial charge in [-0.15, -0.1) is 0 Å². The first kappa shape index (κ1) is 13.3. The molecule has 1 atom stereocenters. The van der Waals surface area contributed by atoms with Crippen LogP contribution in [0.15, 0.2) is 47.5 Å². The van der Waals surface area contributed by atoms with Crippen LogP contribution in [-0.4, -0.2) is 16.1 Å². The number of aromatic nitrogens is 2. The molecule has 2 rings (SSSR count). The van der Waals surface area contributed by atoms with Crippen LogP contribution in [0.2, 0.25) is 0 Å².